The lowest BCUT2D eigenvalue weighted by Crippen LogP contribution is -2.43. The first-order valence-corrected chi connectivity index (χ1v) is 12.4. The van der Waals surface area contributed by atoms with Crippen LogP contribution in [0.25, 0.3) is 0 Å². The fourth-order valence-electron chi connectivity index (χ4n) is 4.69. The Labute approximate surface area is 193 Å². The molecule has 2 aromatic carbocycles. The van der Waals surface area contributed by atoms with Gasteiger partial charge in [0.05, 0.1) is 4.90 Å². The van der Waals surface area contributed by atoms with Crippen molar-refractivity contribution in [3.05, 3.63) is 53.6 Å². The van der Waals surface area contributed by atoms with Crippen molar-refractivity contribution in [2.75, 3.05) is 16.8 Å². The standard InChI is InChI=1S/C24H27N3O5S/c1-15-13-19-14-21(10-11-22(19)27(15)17(3)29)33(31,32)26-12-4-5-23(26)24(30)25-20-8-6-18(7-9-20)16(2)28/h6-11,14-15,23H,4-5,12-13H2,1-3H3,(H,25,30). The number of anilines is 2. The number of hydrogen-bond acceptors (Lipinski definition) is 5. The van der Waals surface area contributed by atoms with E-state index in [2.05, 4.69) is 5.32 Å². The lowest BCUT2D eigenvalue weighted by molar-refractivity contribution is -0.119. The van der Waals surface area contributed by atoms with Crippen LogP contribution < -0.4 is 10.2 Å². The van der Waals surface area contributed by atoms with Crippen molar-refractivity contribution < 1.29 is 22.8 Å². The second-order valence-electron chi connectivity index (χ2n) is 8.63. The SMILES string of the molecule is CC(=O)c1ccc(NC(=O)C2CCCN2S(=O)(=O)c2ccc3c(c2)CC(C)N3C(C)=O)cc1. The third-order valence-electron chi connectivity index (χ3n) is 6.28. The second-order valence-corrected chi connectivity index (χ2v) is 10.5. The quantitative estimate of drug-likeness (QED) is 0.678. The van der Waals surface area contributed by atoms with Crippen LogP contribution in [-0.2, 0) is 26.0 Å². The molecule has 2 aliphatic rings. The van der Waals surface area contributed by atoms with E-state index < -0.39 is 22.0 Å². The largest absolute Gasteiger partial charge is 0.325 e. The third kappa shape index (κ3) is 4.30. The molecule has 1 N–H and O–H groups in total. The molecule has 33 heavy (non-hydrogen) atoms. The number of amides is 2. The Morgan fingerprint density at radius 1 is 1.03 bits per heavy atom. The van der Waals surface area contributed by atoms with E-state index in [9.17, 15) is 22.8 Å². The van der Waals surface area contributed by atoms with Crippen LogP contribution in [0, 0.1) is 0 Å². The van der Waals surface area contributed by atoms with Crippen LogP contribution >= 0.6 is 0 Å². The summed E-state index contributed by atoms with van der Waals surface area (Å²) < 4.78 is 28.2. The minimum atomic E-state index is -3.90. The molecular formula is C24H27N3O5S. The molecule has 2 amide bonds. The first-order valence-electron chi connectivity index (χ1n) is 11.0. The molecule has 0 saturated carbocycles. The van der Waals surface area contributed by atoms with E-state index in [0.29, 0.717) is 30.5 Å². The zero-order valence-electron chi connectivity index (χ0n) is 18.9. The number of carbonyl (C=O) groups is 3. The molecule has 4 rings (SSSR count). The van der Waals surface area contributed by atoms with Crippen molar-refractivity contribution >= 4 is 39.0 Å². The maximum atomic E-state index is 13.4. The van der Waals surface area contributed by atoms with Gasteiger partial charge in [0.25, 0.3) is 0 Å². The number of hydrogen-bond donors (Lipinski definition) is 1. The minimum absolute atomic E-state index is 0.0323. The maximum absolute atomic E-state index is 13.4. The molecule has 2 aromatic rings. The number of benzene rings is 2. The number of fused-ring (bicyclic) bond motifs is 1. The number of carbonyl (C=O) groups excluding carboxylic acids is 3. The Hall–Kier alpha value is -3.04. The van der Waals surface area contributed by atoms with Crippen molar-refractivity contribution in [1.82, 2.24) is 4.31 Å². The molecule has 9 heteroatoms. The highest BCUT2D eigenvalue weighted by Crippen LogP contribution is 2.35. The highest BCUT2D eigenvalue weighted by Gasteiger charge is 2.40. The van der Waals surface area contributed by atoms with Gasteiger partial charge in [-0.2, -0.15) is 4.31 Å². The van der Waals surface area contributed by atoms with E-state index in [1.165, 1.54) is 24.2 Å². The average molecular weight is 470 g/mol. The first kappa shape index (κ1) is 23.1. The molecule has 1 fully saturated rings. The Kier molecular flexibility index (Phi) is 6.11. The molecule has 0 bridgehead atoms. The summed E-state index contributed by atoms with van der Waals surface area (Å²) >= 11 is 0. The third-order valence-corrected chi connectivity index (χ3v) is 8.18. The number of sulfonamides is 1. The summed E-state index contributed by atoms with van der Waals surface area (Å²) in [7, 11) is -3.90. The summed E-state index contributed by atoms with van der Waals surface area (Å²) in [5.74, 6) is -0.551. The normalized spacial score (nSPS) is 20.5. The number of ketones is 1. The van der Waals surface area contributed by atoms with Crippen LogP contribution in [0.2, 0.25) is 0 Å². The van der Waals surface area contributed by atoms with Gasteiger partial charge in [-0.3, -0.25) is 14.4 Å². The summed E-state index contributed by atoms with van der Waals surface area (Å²) in [6.45, 7) is 5.15. The van der Waals surface area contributed by atoms with Crippen molar-refractivity contribution in [2.45, 2.75) is 57.0 Å². The van der Waals surface area contributed by atoms with Crippen LogP contribution in [0.5, 0.6) is 0 Å². The number of nitrogens with one attached hydrogen (secondary N) is 1. The average Bonchev–Trinajstić information content (AvgIpc) is 3.38. The first-order chi connectivity index (χ1) is 15.6. The van der Waals surface area contributed by atoms with Gasteiger partial charge in [0.1, 0.15) is 6.04 Å². The van der Waals surface area contributed by atoms with E-state index in [4.69, 9.17) is 0 Å². The Morgan fingerprint density at radius 3 is 2.36 bits per heavy atom. The summed E-state index contributed by atoms with van der Waals surface area (Å²) in [5.41, 5.74) is 2.58. The molecule has 2 heterocycles. The molecule has 174 valence electrons. The van der Waals surface area contributed by atoms with Crippen molar-refractivity contribution in [3.63, 3.8) is 0 Å². The van der Waals surface area contributed by atoms with E-state index in [0.717, 1.165) is 11.3 Å². The monoisotopic (exact) mass is 469 g/mol. The highest BCUT2D eigenvalue weighted by molar-refractivity contribution is 7.89. The molecule has 1 saturated heterocycles. The molecule has 2 unspecified atom stereocenters. The minimum Gasteiger partial charge on any atom is -0.325 e. The second kappa shape index (κ2) is 8.72. The Bertz CT molecular complexity index is 1220. The maximum Gasteiger partial charge on any atom is 0.243 e. The molecule has 0 radical (unpaired) electrons. The van der Waals surface area contributed by atoms with E-state index >= 15 is 0 Å². The van der Waals surface area contributed by atoms with Crippen molar-refractivity contribution in [1.29, 1.82) is 0 Å². The fourth-order valence-corrected chi connectivity index (χ4v) is 6.39. The van der Waals surface area contributed by atoms with Gasteiger partial charge in [0.2, 0.25) is 21.8 Å². The molecule has 2 atom stereocenters. The molecule has 0 aliphatic carbocycles. The van der Waals surface area contributed by atoms with Gasteiger partial charge in [-0.15, -0.1) is 0 Å². The van der Waals surface area contributed by atoms with Gasteiger partial charge in [0.15, 0.2) is 5.78 Å². The number of nitrogens with zero attached hydrogens (tertiary/aromatic N) is 2. The predicted octanol–water partition coefficient (Wildman–Crippen LogP) is 2.98. The zero-order valence-corrected chi connectivity index (χ0v) is 19.7. The van der Waals surface area contributed by atoms with Gasteiger partial charge in [-0.05, 0) is 81.1 Å². The van der Waals surface area contributed by atoms with Gasteiger partial charge < -0.3 is 10.2 Å². The summed E-state index contributed by atoms with van der Waals surface area (Å²) in [5, 5.41) is 2.77. The van der Waals surface area contributed by atoms with Gasteiger partial charge in [0, 0.05) is 36.4 Å². The van der Waals surface area contributed by atoms with Gasteiger partial charge >= 0.3 is 0 Å². The zero-order chi connectivity index (χ0) is 23.9. The topological polar surface area (TPSA) is 104 Å². The van der Waals surface area contributed by atoms with E-state index in [1.807, 2.05) is 6.92 Å². The van der Waals surface area contributed by atoms with Crippen LogP contribution in [-0.4, -0.2) is 48.9 Å². The van der Waals surface area contributed by atoms with Crippen LogP contribution in [0.3, 0.4) is 0 Å². The van der Waals surface area contributed by atoms with Gasteiger partial charge in [-0.25, -0.2) is 8.42 Å². The number of Topliss-reactive ketones (excluding diaryl/α,β-unsaturated/α-hetero) is 1. The lowest BCUT2D eigenvalue weighted by atomic mass is 10.1. The molecular weight excluding hydrogens is 442 g/mol. The van der Waals surface area contributed by atoms with Gasteiger partial charge in [-0.1, -0.05) is 0 Å². The molecule has 0 aromatic heterocycles. The summed E-state index contributed by atoms with van der Waals surface area (Å²) in [4.78, 5) is 38.2. The molecule has 8 nitrogen and oxygen atoms in total. The number of rotatable bonds is 5. The van der Waals surface area contributed by atoms with Crippen LogP contribution in [0.1, 0.15) is 49.5 Å². The van der Waals surface area contributed by atoms with E-state index in [-0.39, 0.29) is 29.2 Å². The summed E-state index contributed by atoms with van der Waals surface area (Å²) in [6, 6.07) is 10.5. The Balaban J connectivity index is 1.55. The predicted molar refractivity (Wildman–Crippen MR) is 125 cm³/mol. The van der Waals surface area contributed by atoms with Crippen LogP contribution in [0.4, 0.5) is 11.4 Å². The Morgan fingerprint density at radius 2 is 1.73 bits per heavy atom. The summed E-state index contributed by atoms with van der Waals surface area (Å²) in [6.07, 6.45) is 1.59. The smallest absolute Gasteiger partial charge is 0.243 e. The van der Waals surface area contributed by atoms with Crippen LogP contribution in [0.15, 0.2) is 47.4 Å². The van der Waals surface area contributed by atoms with Crippen molar-refractivity contribution in [3.8, 4) is 0 Å². The highest BCUT2D eigenvalue weighted by atomic mass is 32.2. The van der Waals surface area contributed by atoms with Crippen molar-refractivity contribution in [2.24, 2.45) is 0 Å². The molecule has 0 spiro atoms. The van der Waals surface area contributed by atoms with E-state index in [1.54, 1.807) is 41.3 Å². The molecule has 2 aliphatic heterocycles. The fraction of sp³-hybridized carbons (Fsp3) is 0.375. The lowest BCUT2D eigenvalue weighted by Gasteiger charge is -2.24.